The van der Waals surface area contributed by atoms with Crippen molar-refractivity contribution in [1.29, 1.82) is 0 Å². The molecule has 0 N–H and O–H groups in total. The number of rotatable bonds is 4. The Balaban J connectivity index is 2.30. The summed E-state index contributed by atoms with van der Waals surface area (Å²) < 4.78 is 2.21. The first-order valence-electron chi connectivity index (χ1n) is 8.17. The van der Waals surface area contributed by atoms with Crippen LogP contribution in [0.15, 0.2) is 18.7 Å². The van der Waals surface area contributed by atoms with E-state index >= 15 is 0 Å². The van der Waals surface area contributed by atoms with Gasteiger partial charge in [-0.15, -0.1) is 0 Å². The van der Waals surface area contributed by atoms with Gasteiger partial charge in [0.05, 0.1) is 22.8 Å². The summed E-state index contributed by atoms with van der Waals surface area (Å²) in [6, 6.07) is 4.30. The molecule has 0 unspecified atom stereocenters. The fourth-order valence-electron chi connectivity index (χ4n) is 3.20. The van der Waals surface area contributed by atoms with Gasteiger partial charge in [0.1, 0.15) is 5.82 Å². The van der Waals surface area contributed by atoms with E-state index in [0.717, 1.165) is 65.9 Å². The summed E-state index contributed by atoms with van der Waals surface area (Å²) in [5.41, 5.74) is 5.44. The summed E-state index contributed by atoms with van der Waals surface area (Å²) >= 11 is 0. The second-order valence-electron chi connectivity index (χ2n) is 5.75. The fourth-order valence-corrected chi connectivity index (χ4v) is 3.20. The molecule has 0 aromatic carbocycles. The number of imidazole rings is 1. The van der Waals surface area contributed by atoms with Crippen molar-refractivity contribution in [3.05, 3.63) is 41.6 Å². The summed E-state index contributed by atoms with van der Waals surface area (Å²) in [4.78, 5) is 11.9. The molecule has 4 heteroatoms. The lowest BCUT2D eigenvalue weighted by molar-refractivity contribution is 0.802. The lowest BCUT2D eigenvalue weighted by Gasteiger charge is -2.34. The molecule has 0 saturated heterocycles. The fraction of sp³-hybridized carbons (Fsp3) is 0.444. The van der Waals surface area contributed by atoms with E-state index in [1.165, 1.54) is 0 Å². The van der Waals surface area contributed by atoms with Crippen molar-refractivity contribution in [1.82, 2.24) is 14.5 Å². The lowest BCUT2D eigenvalue weighted by Crippen LogP contribution is -2.30. The van der Waals surface area contributed by atoms with Gasteiger partial charge >= 0.3 is 0 Å². The molecule has 0 bridgehead atoms. The summed E-state index contributed by atoms with van der Waals surface area (Å²) in [7, 11) is 0. The second-order valence-corrected chi connectivity index (χ2v) is 5.75. The molecule has 0 atom stereocenters. The lowest BCUT2D eigenvalue weighted by atomic mass is 10.1. The van der Waals surface area contributed by atoms with Crippen LogP contribution in [0.3, 0.4) is 0 Å². The van der Waals surface area contributed by atoms with E-state index in [0.29, 0.717) is 0 Å². The maximum absolute atomic E-state index is 4.90. The number of aromatic nitrogens is 3. The molecule has 3 rings (SSSR count). The van der Waals surface area contributed by atoms with Crippen molar-refractivity contribution >= 4 is 11.4 Å². The molecule has 2 aromatic rings. The molecule has 1 aliphatic heterocycles. The third-order valence-electron chi connectivity index (χ3n) is 4.26. The van der Waals surface area contributed by atoms with Crippen LogP contribution in [0.5, 0.6) is 0 Å². The predicted octanol–water partition coefficient (Wildman–Crippen LogP) is 3.90. The molecule has 0 amide bonds. The van der Waals surface area contributed by atoms with Gasteiger partial charge in [-0.3, -0.25) is 4.57 Å². The minimum Gasteiger partial charge on any atom is -0.337 e. The first-order valence-corrected chi connectivity index (χ1v) is 8.17. The Morgan fingerprint density at radius 2 is 1.86 bits per heavy atom. The highest BCUT2D eigenvalue weighted by Crippen LogP contribution is 2.39. The number of pyridine rings is 1. The minimum atomic E-state index is 0.888. The number of anilines is 1. The highest BCUT2D eigenvalue weighted by atomic mass is 15.3. The third kappa shape index (κ3) is 2.05. The largest absolute Gasteiger partial charge is 0.337 e. The minimum absolute atomic E-state index is 0.888. The van der Waals surface area contributed by atoms with E-state index < -0.39 is 0 Å². The van der Waals surface area contributed by atoms with Gasteiger partial charge in [-0.05, 0) is 31.9 Å². The average molecular weight is 296 g/mol. The van der Waals surface area contributed by atoms with Crippen molar-refractivity contribution in [2.75, 3.05) is 11.4 Å². The smallest absolute Gasteiger partial charge is 0.163 e. The van der Waals surface area contributed by atoms with E-state index in [1.807, 2.05) is 0 Å². The third-order valence-corrected chi connectivity index (χ3v) is 4.26. The molecule has 0 aliphatic carbocycles. The van der Waals surface area contributed by atoms with Crippen LogP contribution in [0.2, 0.25) is 0 Å². The quantitative estimate of drug-likeness (QED) is 0.858. The molecular weight excluding hydrogens is 272 g/mol. The van der Waals surface area contributed by atoms with Crippen LogP contribution < -0.4 is 4.90 Å². The van der Waals surface area contributed by atoms with Gasteiger partial charge in [0.25, 0.3) is 0 Å². The number of fused-ring (bicyclic) bond motifs is 3. The molecule has 0 spiro atoms. The monoisotopic (exact) mass is 296 g/mol. The SMILES string of the molecule is C=C1c2c(C)nc(CC)n2-c2nc(CC)ccc2N1CCC. The average Bonchev–Trinajstić information content (AvgIpc) is 2.88. The Kier molecular flexibility index (Phi) is 3.77. The molecular formula is C18H24N4. The van der Waals surface area contributed by atoms with Crippen LogP contribution in [0.1, 0.15) is 50.1 Å². The number of aryl methyl sites for hydroxylation is 3. The van der Waals surface area contributed by atoms with Crippen LogP contribution in [0.4, 0.5) is 5.69 Å². The Hall–Kier alpha value is -2.10. The van der Waals surface area contributed by atoms with Crippen molar-refractivity contribution in [3.63, 3.8) is 0 Å². The molecule has 22 heavy (non-hydrogen) atoms. The zero-order chi connectivity index (χ0) is 15.9. The maximum Gasteiger partial charge on any atom is 0.163 e. The summed E-state index contributed by atoms with van der Waals surface area (Å²) in [6.07, 6.45) is 2.90. The standard InChI is InChI=1S/C18H24N4/c1-6-11-21-13(5)17-12(4)19-16(8-3)22(17)18-15(21)10-9-14(7-2)20-18/h9-10H,5-8,11H2,1-4H3. The Morgan fingerprint density at radius 3 is 2.50 bits per heavy atom. The van der Waals surface area contributed by atoms with Crippen LogP contribution in [-0.2, 0) is 12.8 Å². The number of nitrogens with zero attached hydrogens (tertiary/aromatic N) is 4. The topological polar surface area (TPSA) is 34.0 Å². The van der Waals surface area contributed by atoms with Gasteiger partial charge in [0, 0.05) is 18.7 Å². The van der Waals surface area contributed by atoms with Crippen LogP contribution in [0.25, 0.3) is 11.5 Å². The summed E-state index contributed by atoms with van der Waals surface area (Å²) in [5, 5.41) is 0. The van der Waals surface area contributed by atoms with Crippen molar-refractivity contribution in [3.8, 4) is 5.82 Å². The second kappa shape index (κ2) is 5.59. The molecule has 4 nitrogen and oxygen atoms in total. The number of hydrogen-bond donors (Lipinski definition) is 0. The molecule has 3 heterocycles. The van der Waals surface area contributed by atoms with Gasteiger partial charge in [-0.2, -0.15) is 0 Å². The molecule has 2 aromatic heterocycles. The van der Waals surface area contributed by atoms with E-state index in [9.17, 15) is 0 Å². The van der Waals surface area contributed by atoms with E-state index in [2.05, 4.69) is 55.9 Å². The van der Waals surface area contributed by atoms with Gasteiger partial charge in [-0.1, -0.05) is 27.4 Å². The van der Waals surface area contributed by atoms with E-state index in [1.54, 1.807) is 0 Å². The zero-order valence-corrected chi connectivity index (χ0v) is 14.0. The van der Waals surface area contributed by atoms with Gasteiger partial charge in [0.2, 0.25) is 0 Å². The highest BCUT2D eigenvalue weighted by Gasteiger charge is 2.30. The maximum atomic E-state index is 4.90. The Morgan fingerprint density at radius 1 is 1.09 bits per heavy atom. The first kappa shape index (κ1) is 14.8. The molecule has 1 aliphatic rings. The summed E-state index contributed by atoms with van der Waals surface area (Å²) in [5.74, 6) is 2.07. The first-order chi connectivity index (χ1) is 10.6. The van der Waals surface area contributed by atoms with Crippen molar-refractivity contribution < 1.29 is 0 Å². The van der Waals surface area contributed by atoms with Gasteiger partial charge in [0.15, 0.2) is 5.82 Å². The predicted molar refractivity (Wildman–Crippen MR) is 91.5 cm³/mol. The number of hydrogen-bond acceptors (Lipinski definition) is 3. The van der Waals surface area contributed by atoms with E-state index in [4.69, 9.17) is 9.97 Å². The van der Waals surface area contributed by atoms with E-state index in [-0.39, 0.29) is 0 Å². The van der Waals surface area contributed by atoms with Crippen molar-refractivity contribution in [2.45, 2.75) is 47.0 Å². The highest BCUT2D eigenvalue weighted by molar-refractivity contribution is 5.85. The molecule has 0 fully saturated rings. The Labute approximate surface area is 132 Å². The van der Waals surface area contributed by atoms with Gasteiger partial charge in [-0.25, -0.2) is 9.97 Å². The zero-order valence-electron chi connectivity index (χ0n) is 14.0. The molecule has 0 saturated carbocycles. The Bertz CT molecular complexity index is 727. The van der Waals surface area contributed by atoms with Crippen LogP contribution >= 0.6 is 0 Å². The van der Waals surface area contributed by atoms with Gasteiger partial charge < -0.3 is 4.90 Å². The summed E-state index contributed by atoms with van der Waals surface area (Å²) in [6.45, 7) is 13.8. The molecule has 116 valence electrons. The normalized spacial score (nSPS) is 13.3. The van der Waals surface area contributed by atoms with Crippen molar-refractivity contribution in [2.24, 2.45) is 0 Å². The van der Waals surface area contributed by atoms with Crippen LogP contribution in [-0.4, -0.2) is 21.1 Å². The molecule has 0 radical (unpaired) electrons. The van der Waals surface area contributed by atoms with Crippen LogP contribution in [0, 0.1) is 6.92 Å².